The lowest BCUT2D eigenvalue weighted by molar-refractivity contribution is -0.118. The monoisotopic (exact) mass is 267 g/mol. The number of anilines is 1. The van der Waals surface area contributed by atoms with E-state index in [4.69, 9.17) is 11.5 Å². The van der Waals surface area contributed by atoms with E-state index >= 15 is 0 Å². The molecule has 5 N–H and O–H groups in total. The molecule has 1 atom stereocenters. The summed E-state index contributed by atoms with van der Waals surface area (Å²) < 4.78 is 0. The molecule has 98 valence electrons. The number of benzene rings is 1. The Morgan fingerprint density at radius 2 is 2.06 bits per heavy atom. The molecule has 6 heteroatoms. The normalized spacial score (nSPS) is 11.9. The third-order valence-corrected chi connectivity index (χ3v) is 3.24. The maximum Gasteiger partial charge on any atom is 0.241 e. The molecule has 0 unspecified atom stereocenters. The molecule has 0 fully saturated rings. The Hall–Kier alpha value is -1.53. The zero-order chi connectivity index (χ0) is 13.5. The number of thioether (sulfide) groups is 1. The summed E-state index contributed by atoms with van der Waals surface area (Å²) in [6, 6.07) is 6.81. The molecule has 5 nitrogen and oxygen atoms in total. The first-order valence-corrected chi connectivity index (χ1v) is 6.56. The molecular formula is C12H17N3O2S. The van der Waals surface area contributed by atoms with Crippen molar-refractivity contribution in [2.45, 2.75) is 24.3 Å². The predicted molar refractivity (Wildman–Crippen MR) is 73.3 cm³/mol. The number of nitrogens with two attached hydrogens (primary N) is 2. The Labute approximate surface area is 110 Å². The van der Waals surface area contributed by atoms with Crippen LogP contribution in [0.25, 0.3) is 0 Å². The largest absolute Gasteiger partial charge is 0.370 e. The quantitative estimate of drug-likeness (QED) is 0.668. The number of hydrogen-bond donors (Lipinski definition) is 3. The Bertz CT molecular complexity index is 435. The van der Waals surface area contributed by atoms with Crippen molar-refractivity contribution < 1.29 is 9.59 Å². The number of nitrogens with one attached hydrogen (secondary N) is 1. The smallest absolute Gasteiger partial charge is 0.241 e. The minimum absolute atomic E-state index is 0.238. The summed E-state index contributed by atoms with van der Waals surface area (Å²) in [6.07, 6.45) is 0.306. The maximum absolute atomic E-state index is 11.5. The van der Waals surface area contributed by atoms with Crippen molar-refractivity contribution in [2.24, 2.45) is 11.5 Å². The van der Waals surface area contributed by atoms with E-state index in [1.54, 1.807) is 13.0 Å². The van der Waals surface area contributed by atoms with Crippen molar-refractivity contribution >= 4 is 29.3 Å². The lowest BCUT2D eigenvalue weighted by Crippen LogP contribution is -2.32. The SMILES string of the molecule is C[C@H](N)C(=O)Nc1ccccc1SCCC(N)=O. The second-order valence-electron chi connectivity index (χ2n) is 3.84. The van der Waals surface area contributed by atoms with Gasteiger partial charge in [-0.25, -0.2) is 0 Å². The highest BCUT2D eigenvalue weighted by atomic mass is 32.2. The summed E-state index contributed by atoms with van der Waals surface area (Å²) in [6.45, 7) is 1.62. The number of hydrogen-bond acceptors (Lipinski definition) is 4. The minimum Gasteiger partial charge on any atom is -0.370 e. The lowest BCUT2D eigenvalue weighted by atomic mass is 10.3. The van der Waals surface area contributed by atoms with Crippen LogP contribution in [0, 0.1) is 0 Å². The van der Waals surface area contributed by atoms with Gasteiger partial charge >= 0.3 is 0 Å². The van der Waals surface area contributed by atoms with Crippen molar-refractivity contribution in [3.8, 4) is 0 Å². The number of para-hydroxylation sites is 1. The second-order valence-corrected chi connectivity index (χ2v) is 4.98. The van der Waals surface area contributed by atoms with E-state index in [2.05, 4.69) is 5.32 Å². The first-order chi connectivity index (χ1) is 8.50. The van der Waals surface area contributed by atoms with Crippen molar-refractivity contribution in [1.29, 1.82) is 0 Å². The Morgan fingerprint density at radius 1 is 1.39 bits per heavy atom. The van der Waals surface area contributed by atoms with E-state index in [0.717, 1.165) is 4.90 Å². The summed E-state index contributed by atoms with van der Waals surface area (Å²) in [4.78, 5) is 23.1. The van der Waals surface area contributed by atoms with E-state index in [-0.39, 0.29) is 11.8 Å². The molecule has 1 aromatic carbocycles. The van der Waals surface area contributed by atoms with Crippen LogP contribution in [0.3, 0.4) is 0 Å². The van der Waals surface area contributed by atoms with Crippen LogP contribution in [-0.4, -0.2) is 23.6 Å². The summed E-state index contributed by atoms with van der Waals surface area (Å²) in [5, 5.41) is 2.75. The fourth-order valence-electron chi connectivity index (χ4n) is 1.20. The molecule has 0 radical (unpaired) electrons. The fraction of sp³-hybridized carbons (Fsp3) is 0.333. The van der Waals surface area contributed by atoms with Gasteiger partial charge in [0.1, 0.15) is 0 Å². The van der Waals surface area contributed by atoms with Gasteiger partial charge in [0.25, 0.3) is 0 Å². The number of amides is 2. The van der Waals surface area contributed by atoms with Gasteiger partial charge in [-0.1, -0.05) is 12.1 Å². The number of carbonyl (C=O) groups excluding carboxylic acids is 2. The van der Waals surface area contributed by atoms with Crippen LogP contribution in [0.2, 0.25) is 0 Å². The zero-order valence-electron chi connectivity index (χ0n) is 10.2. The molecule has 0 saturated carbocycles. The number of primary amides is 1. The topological polar surface area (TPSA) is 98.2 Å². The molecule has 0 aliphatic heterocycles. The standard InChI is InChI=1S/C12H17N3O2S/c1-8(13)12(17)15-9-4-2-3-5-10(9)18-7-6-11(14)16/h2-5,8H,6-7,13H2,1H3,(H2,14,16)(H,15,17)/t8-/m0/s1. The molecule has 1 rings (SSSR count). The molecule has 0 aliphatic carbocycles. The molecule has 0 bridgehead atoms. The van der Waals surface area contributed by atoms with Gasteiger partial charge in [0, 0.05) is 17.1 Å². The van der Waals surface area contributed by atoms with Crippen molar-refractivity contribution in [3.05, 3.63) is 24.3 Å². The van der Waals surface area contributed by atoms with Crippen LogP contribution in [0.15, 0.2) is 29.2 Å². The average Bonchev–Trinajstić information content (AvgIpc) is 2.30. The van der Waals surface area contributed by atoms with Gasteiger partial charge in [-0.05, 0) is 19.1 Å². The maximum atomic E-state index is 11.5. The van der Waals surface area contributed by atoms with E-state index in [1.165, 1.54) is 11.8 Å². The summed E-state index contributed by atoms with van der Waals surface area (Å²) in [7, 11) is 0. The Morgan fingerprint density at radius 3 is 2.67 bits per heavy atom. The molecule has 0 aromatic heterocycles. The van der Waals surface area contributed by atoms with Gasteiger partial charge < -0.3 is 16.8 Å². The molecule has 0 heterocycles. The molecule has 0 aliphatic rings. The summed E-state index contributed by atoms with van der Waals surface area (Å²) in [5.41, 5.74) is 11.3. The Kier molecular flexibility index (Phi) is 5.67. The summed E-state index contributed by atoms with van der Waals surface area (Å²) in [5.74, 6) is 0.0120. The molecule has 0 spiro atoms. The molecule has 18 heavy (non-hydrogen) atoms. The van der Waals surface area contributed by atoms with Crippen LogP contribution >= 0.6 is 11.8 Å². The van der Waals surface area contributed by atoms with Gasteiger partial charge in [0.15, 0.2) is 0 Å². The van der Waals surface area contributed by atoms with E-state index in [0.29, 0.717) is 17.9 Å². The second kappa shape index (κ2) is 7.03. The van der Waals surface area contributed by atoms with Gasteiger partial charge in [-0.2, -0.15) is 0 Å². The van der Waals surface area contributed by atoms with E-state index < -0.39 is 6.04 Å². The number of rotatable bonds is 6. The van der Waals surface area contributed by atoms with Gasteiger partial charge in [-0.3, -0.25) is 9.59 Å². The molecule has 0 saturated heterocycles. The zero-order valence-corrected chi connectivity index (χ0v) is 11.0. The average molecular weight is 267 g/mol. The first-order valence-electron chi connectivity index (χ1n) is 5.57. The van der Waals surface area contributed by atoms with Crippen LogP contribution in [0.5, 0.6) is 0 Å². The van der Waals surface area contributed by atoms with Crippen molar-refractivity contribution in [1.82, 2.24) is 0 Å². The molecule has 1 aromatic rings. The molecule has 2 amide bonds. The first kappa shape index (κ1) is 14.5. The highest BCUT2D eigenvalue weighted by Gasteiger charge is 2.10. The van der Waals surface area contributed by atoms with E-state index in [9.17, 15) is 9.59 Å². The predicted octanol–water partition coefficient (Wildman–Crippen LogP) is 0.940. The van der Waals surface area contributed by atoms with Crippen molar-refractivity contribution in [2.75, 3.05) is 11.1 Å². The van der Waals surface area contributed by atoms with Gasteiger partial charge in [0.05, 0.1) is 11.7 Å². The summed E-state index contributed by atoms with van der Waals surface area (Å²) >= 11 is 1.47. The highest BCUT2D eigenvalue weighted by molar-refractivity contribution is 7.99. The fourth-order valence-corrected chi connectivity index (χ4v) is 2.18. The van der Waals surface area contributed by atoms with Crippen LogP contribution < -0.4 is 16.8 Å². The van der Waals surface area contributed by atoms with Crippen molar-refractivity contribution in [3.63, 3.8) is 0 Å². The third kappa shape index (κ3) is 4.77. The third-order valence-electron chi connectivity index (χ3n) is 2.16. The van der Waals surface area contributed by atoms with Gasteiger partial charge in [-0.15, -0.1) is 11.8 Å². The van der Waals surface area contributed by atoms with Crippen LogP contribution in [-0.2, 0) is 9.59 Å². The number of carbonyl (C=O) groups is 2. The van der Waals surface area contributed by atoms with E-state index in [1.807, 2.05) is 18.2 Å². The highest BCUT2D eigenvalue weighted by Crippen LogP contribution is 2.27. The lowest BCUT2D eigenvalue weighted by Gasteiger charge is -2.11. The van der Waals surface area contributed by atoms with Crippen LogP contribution in [0.4, 0.5) is 5.69 Å². The minimum atomic E-state index is -0.561. The molecular weight excluding hydrogens is 250 g/mol. The van der Waals surface area contributed by atoms with Gasteiger partial charge in [0.2, 0.25) is 11.8 Å². The van der Waals surface area contributed by atoms with Crippen LogP contribution in [0.1, 0.15) is 13.3 Å². The Balaban J connectivity index is 2.67.